The third kappa shape index (κ3) is 5.93. The van der Waals surface area contributed by atoms with Gasteiger partial charge in [-0.05, 0) is 55.4 Å². The van der Waals surface area contributed by atoms with Gasteiger partial charge < -0.3 is 18.9 Å². The topological polar surface area (TPSA) is 94.8 Å². The van der Waals surface area contributed by atoms with Crippen molar-refractivity contribution in [2.24, 2.45) is 11.8 Å². The number of hydrogen-bond acceptors (Lipinski definition) is 8. The van der Waals surface area contributed by atoms with Crippen molar-refractivity contribution in [3.63, 3.8) is 0 Å². The van der Waals surface area contributed by atoms with Crippen LogP contribution in [0.15, 0.2) is 33.7 Å². The molecule has 1 atom stereocenters. The number of nitrogens with zero attached hydrogens (tertiary/aromatic N) is 3. The predicted octanol–water partition coefficient (Wildman–Crippen LogP) is 2.94. The van der Waals surface area contributed by atoms with Crippen LogP contribution in [0.3, 0.4) is 0 Å². The zero-order valence-corrected chi connectivity index (χ0v) is 18.0. The first kappa shape index (κ1) is 21.6. The van der Waals surface area contributed by atoms with Crippen LogP contribution in [0.5, 0.6) is 5.75 Å². The van der Waals surface area contributed by atoms with E-state index in [4.69, 9.17) is 14.0 Å². The molecule has 160 valence electrons. The van der Waals surface area contributed by atoms with E-state index in [2.05, 4.69) is 22.0 Å². The first-order valence-corrected chi connectivity index (χ1v) is 11.8. The Morgan fingerprint density at radius 3 is 2.55 bits per heavy atom. The molecule has 1 fully saturated rings. The number of sulfone groups is 1. The van der Waals surface area contributed by atoms with E-state index in [0.717, 1.165) is 32.4 Å². The lowest BCUT2D eigenvalue weighted by atomic mass is 9.84. The smallest absolute Gasteiger partial charge is 0.324 e. The standard InChI is InChI=1S/C20H29N3O5S/c1-15(10-13-27-17-4-6-18(7-5-17)29(3,24)25)16-8-11-23(12-9-16)20-21-19(14-26-2)22-28-20/h4-7,15-16H,8-14H2,1-3H3. The van der Waals surface area contributed by atoms with Crippen LogP contribution in [0, 0.1) is 11.8 Å². The van der Waals surface area contributed by atoms with E-state index in [1.807, 2.05) is 0 Å². The average Bonchev–Trinajstić information content (AvgIpc) is 3.17. The van der Waals surface area contributed by atoms with Crippen LogP contribution in [-0.4, -0.2) is 51.6 Å². The molecule has 0 radical (unpaired) electrons. The molecule has 1 aliphatic heterocycles. The van der Waals surface area contributed by atoms with E-state index < -0.39 is 9.84 Å². The minimum atomic E-state index is -3.18. The van der Waals surface area contributed by atoms with E-state index in [-0.39, 0.29) is 0 Å². The highest BCUT2D eigenvalue weighted by atomic mass is 32.2. The number of benzene rings is 1. The highest BCUT2D eigenvalue weighted by Gasteiger charge is 2.26. The minimum absolute atomic E-state index is 0.306. The highest BCUT2D eigenvalue weighted by molar-refractivity contribution is 7.90. The molecule has 0 amide bonds. The molecular weight excluding hydrogens is 394 g/mol. The summed E-state index contributed by atoms with van der Waals surface area (Å²) < 4.78 is 39.2. The third-order valence-electron chi connectivity index (χ3n) is 5.44. The van der Waals surface area contributed by atoms with Crippen molar-refractivity contribution in [3.05, 3.63) is 30.1 Å². The number of methoxy groups -OCH3 is 1. The van der Waals surface area contributed by atoms with Crippen molar-refractivity contribution in [3.8, 4) is 5.75 Å². The Hall–Kier alpha value is -2.13. The lowest BCUT2D eigenvalue weighted by Gasteiger charge is -2.33. The second-order valence-electron chi connectivity index (χ2n) is 7.61. The molecule has 3 rings (SSSR count). The minimum Gasteiger partial charge on any atom is -0.494 e. The van der Waals surface area contributed by atoms with Gasteiger partial charge in [-0.15, -0.1) is 0 Å². The number of piperidine rings is 1. The van der Waals surface area contributed by atoms with Crippen LogP contribution in [-0.2, 0) is 21.2 Å². The number of anilines is 1. The van der Waals surface area contributed by atoms with E-state index in [1.165, 1.54) is 6.26 Å². The number of rotatable bonds is 9. The Bertz CT molecular complexity index is 874. The maximum Gasteiger partial charge on any atom is 0.324 e. The van der Waals surface area contributed by atoms with Crippen LogP contribution in [0.25, 0.3) is 0 Å². The summed E-state index contributed by atoms with van der Waals surface area (Å²) in [5, 5.41) is 3.92. The van der Waals surface area contributed by atoms with E-state index >= 15 is 0 Å². The number of aromatic nitrogens is 2. The Balaban J connectivity index is 1.41. The van der Waals surface area contributed by atoms with Gasteiger partial charge in [0.05, 0.1) is 11.5 Å². The summed E-state index contributed by atoms with van der Waals surface area (Å²) in [6, 6.07) is 7.16. The lowest BCUT2D eigenvalue weighted by molar-refractivity contribution is 0.174. The van der Waals surface area contributed by atoms with E-state index in [9.17, 15) is 8.42 Å². The van der Waals surface area contributed by atoms with Gasteiger partial charge in [-0.1, -0.05) is 12.1 Å². The van der Waals surface area contributed by atoms with Crippen LogP contribution in [0.2, 0.25) is 0 Å². The van der Waals surface area contributed by atoms with Gasteiger partial charge in [0, 0.05) is 26.5 Å². The molecule has 0 spiro atoms. The van der Waals surface area contributed by atoms with Crippen LogP contribution in [0.1, 0.15) is 32.0 Å². The van der Waals surface area contributed by atoms with Crippen LogP contribution in [0.4, 0.5) is 6.01 Å². The Morgan fingerprint density at radius 2 is 1.93 bits per heavy atom. The fourth-order valence-electron chi connectivity index (χ4n) is 3.60. The molecule has 2 heterocycles. The summed E-state index contributed by atoms with van der Waals surface area (Å²) in [5.74, 6) is 2.44. The summed E-state index contributed by atoms with van der Waals surface area (Å²) in [6.45, 7) is 5.03. The van der Waals surface area contributed by atoms with Gasteiger partial charge in [-0.25, -0.2) is 8.42 Å². The molecule has 29 heavy (non-hydrogen) atoms. The van der Waals surface area contributed by atoms with Gasteiger partial charge in [-0.2, -0.15) is 4.98 Å². The molecule has 8 nitrogen and oxygen atoms in total. The molecule has 1 aromatic carbocycles. The molecule has 1 saturated heterocycles. The van der Waals surface area contributed by atoms with Gasteiger partial charge in [0.15, 0.2) is 15.7 Å². The second kappa shape index (κ2) is 9.58. The molecule has 0 bridgehead atoms. The quantitative estimate of drug-likeness (QED) is 0.608. The summed E-state index contributed by atoms with van der Waals surface area (Å²) in [5.41, 5.74) is 0. The molecule has 1 aliphatic rings. The Labute approximate surface area is 172 Å². The van der Waals surface area contributed by atoms with Gasteiger partial charge in [0.1, 0.15) is 12.4 Å². The average molecular weight is 424 g/mol. The number of ether oxygens (including phenoxy) is 2. The van der Waals surface area contributed by atoms with Crippen molar-refractivity contribution in [1.29, 1.82) is 0 Å². The first-order chi connectivity index (χ1) is 13.9. The lowest BCUT2D eigenvalue weighted by Crippen LogP contribution is -2.36. The summed E-state index contributed by atoms with van der Waals surface area (Å²) in [4.78, 5) is 6.80. The predicted molar refractivity (Wildman–Crippen MR) is 109 cm³/mol. The van der Waals surface area contributed by atoms with Crippen molar-refractivity contribution >= 4 is 15.9 Å². The van der Waals surface area contributed by atoms with Crippen molar-refractivity contribution in [2.45, 2.75) is 37.7 Å². The van der Waals surface area contributed by atoms with Gasteiger partial charge in [0.2, 0.25) is 0 Å². The van der Waals surface area contributed by atoms with Crippen LogP contribution >= 0.6 is 0 Å². The molecule has 2 aromatic rings. The first-order valence-electron chi connectivity index (χ1n) is 9.86. The maximum absolute atomic E-state index is 11.5. The SMILES string of the molecule is COCc1noc(N2CCC(C(C)CCOc3ccc(S(C)(=O)=O)cc3)CC2)n1. The van der Waals surface area contributed by atoms with Crippen molar-refractivity contribution in [2.75, 3.05) is 38.0 Å². The highest BCUT2D eigenvalue weighted by Crippen LogP contribution is 2.29. The van der Waals surface area contributed by atoms with Crippen LogP contribution < -0.4 is 9.64 Å². The van der Waals surface area contributed by atoms with Gasteiger partial charge in [-0.3, -0.25) is 0 Å². The van der Waals surface area contributed by atoms with Gasteiger partial charge >= 0.3 is 6.01 Å². The molecule has 9 heteroatoms. The zero-order valence-electron chi connectivity index (χ0n) is 17.2. The summed E-state index contributed by atoms with van der Waals surface area (Å²) >= 11 is 0. The molecule has 0 aliphatic carbocycles. The second-order valence-corrected chi connectivity index (χ2v) is 9.62. The zero-order chi connectivity index (χ0) is 20.9. The molecule has 1 unspecified atom stereocenters. The van der Waals surface area contributed by atoms with E-state index in [1.54, 1.807) is 31.4 Å². The number of hydrogen-bond donors (Lipinski definition) is 0. The maximum atomic E-state index is 11.5. The Morgan fingerprint density at radius 1 is 1.24 bits per heavy atom. The molecule has 1 aromatic heterocycles. The van der Waals surface area contributed by atoms with Crippen molar-refractivity contribution in [1.82, 2.24) is 10.1 Å². The summed E-state index contributed by atoms with van der Waals surface area (Å²) in [6.07, 6.45) is 4.31. The fraction of sp³-hybridized carbons (Fsp3) is 0.600. The Kier molecular flexibility index (Phi) is 7.13. The largest absolute Gasteiger partial charge is 0.494 e. The fourth-order valence-corrected chi connectivity index (χ4v) is 4.23. The monoisotopic (exact) mass is 423 g/mol. The third-order valence-corrected chi connectivity index (χ3v) is 6.57. The summed E-state index contributed by atoms with van der Waals surface area (Å²) in [7, 11) is -1.57. The molecule has 0 N–H and O–H groups in total. The van der Waals surface area contributed by atoms with Crippen molar-refractivity contribution < 1.29 is 22.4 Å². The molecule has 0 saturated carbocycles. The normalized spacial score (nSPS) is 16.7. The van der Waals surface area contributed by atoms with E-state index in [0.29, 0.717) is 47.5 Å². The molecular formula is C20H29N3O5S. The van der Waals surface area contributed by atoms with Gasteiger partial charge in [0.25, 0.3) is 0 Å².